The second-order valence-electron chi connectivity index (χ2n) is 6.47. The lowest BCUT2D eigenvalue weighted by Gasteiger charge is -2.25. The smallest absolute Gasteiger partial charge is 0.188 e. The average molecular weight is 306 g/mol. The van der Waals surface area contributed by atoms with Gasteiger partial charge in [0.25, 0.3) is 0 Å². The zero-order valence-electron chi connectivity index (χ0n) is 13.8. The molecule has 22 heavy (non-hydrogen) atoms. The standard InChI is InChI=1S/C19H30O3/c1-21-15-22-19-13-9-17(10-14-19)6-4-2-3-5-16-7-11-18(20)12-8-16/h9-10,13-14,16,18,20H,2-8,11-12,15H2,1H3. The molecule has 1 aliphatic rings. The number of benzene rings is 1. The molecule has 0 heterocycles. The number of hydrogen-bond donors (Lipinski definition) is 1. The van der Waals surface area contributed by atoms with E-state index in [2.05, 4.69) is 12.1 Å². The van der Waals surface area contributed by atoms with Crippen molar-refractivity contribution in [3.63, 3.8) is 0 Å². The quantitative estimate of drug-likeness (QED) is 0.545. The van der Waals surface area contributed by atoms with Crippen LogP contribution in [0.2, 0.25) is 0 Å². The minimum atomic E-state index is -0.0212. The van der Waals surface area contributed by atoms with Gasteiger partial charge in [0.05, 0.1) is 6.10 Å². The van der Waals surface area contributed by atoms with E-state index >= 15 is 0 Å². The molecule has 0 saturated heterocycles. The Labute approximate surface area is 134 Å². The number of rotatable bonds is 9. The first kappa shape index (κ1) is 17.3. The van der Waals surface area contributed by atoms with E-state index in [1.165, 1.54) is 44.1 Å². The summed E-state index contributed by atoms with van der Waals surface area (Å²) in [6.07, 6.45) is 10.8. The Bertz CT molecular complexity index is 394. The van der Waals surface area contributed by atoms with Gasteiger partial charge in [0.15, 0.2) is 6.79 Å². The molecule has 1 aromatic rings. The Hall–Kier alpha value is -1.06. The third-order valence-corrected chi connectivity index (χ3v) is 4.66. The van der Waals surface area contributed by atoms with Gasteiger partial charge in [0, 0.05) is 7.11 Å². The summed E-state index contributed by atoms with van der Waals surface area (Å²) in [6, 6.07) is 8.32. The van der Waals surface area contributed by atoms with Crippen LogP contribution in [0.3, 0.4) is 0 Å². The summed E-state index contributed by atoms with van der Waals surface area (Å²) < 4.78 is 10.3. The summed E-state index contributed by atoms with van der Waals surface area (Å²) in [6.45, 7) is 0.303. The first-order valence-electron chi connectivity index (χ1n) is 8.66. The third-order valence-electron chi connectivity index (χ3n) is 4.66. The van der Waals surface area contributed by atoms with Gasteiger partial charge in [-0.15, -0.1) is 0 Å². The lowest BCUT2D eigenvalue weighted by atomic mass is 9.84. The highest BCUT2D eigenvalue weighted by Gasteiger charge is 2.18. The van der Waals surface area contributed by atoms with Gasteiger partial charge in [-0.2, -0.15) is 0 Å². The monoisotopic (exact) mass is 306 g/mol. The minimum Gasteiger partial charge on any atom is -0.468 e. The van der Waals surface area contributed by atoms with Crippen molar-refractivity contribution in [2.75, 3.05) is 13.9 Å². The molecule has 1 fully saturated rings. The summed E-state index contributed by atoms with van der Waals surface area (Å²) >= 11 is 0. The van der Waals surface area contributed by atoms with Crippen molar-refractivity contribution in [1.82, 2.24) is 0 Å². The maximum absolute atomic E-state index is 9.51. The van der Waals surface area contributed by atoms with Crippen LogP contribution < -0.4 is 4.74 Å². The number of unbranched alkanes of at least 4 members (excludes halogenated alkanes) is 2. The second-order valence-corrected chi connectivity index (χ2v) is 6.47. The molecule has 1 N–H and O–H groups in total. The van der Waals surface area contributed by atoms with Gasteiger partial charge in [0.1, 0.15) is 5.75 Å². The van der Waals surface area contributed by atoms with Crippen molar-refractivity contribution in [2.24, 2.45) is 5.92 Å². The fourth-order valence-corrected chi connectivity index (χ4v) is 3.25. The molecule has 0 atom stereocenters. The maximum atomic E-state index is 9.51. The predicted octanol–water partition coefficient (Wildman–Crippen LogP) is 4.32. The SMILES string of the molecule is COCOc1ccc(CCCCCC2CCC(O)CC2)cc1. The van der Waals surface area contributed by atoms with Gasteiger partial charge in [0.2, 0.25) is 0 Å². The Morgan fingerprint density at radius 3 is 2.41 bits per heavy atom. The average Bonchev–Trinajstić information content (AvgIpc) is 2.55. The minimum absolute atomic E-state index is 0.0212. The van der Waals surface area contributed by atoms with Crippen LogP contribution in [0.25, 0.3) is 0 Å². The Morgan fingerprint density at radius 1 is 1.00 bits per heavy atom. The number of aliphatic hydroxyl groups is 1. The Morgan fingerprint density at radius 2 is 1.73 bits per heavy atom. The number of methoxy groups -OCH3 is 1. The Balaban J connectivity index is 1.54. The molecule has 0 aliphatic heterocycles. The van der Waals surface area contributed by atoms with E-state index in [-0.39, 0.29) is 6.10 Å². The van der Waals surface area contributed by atoms with Crippen molar-refractivity contribution in [2.45, 2.75) is 63.9 Å². The van der Waals surface area contributed by atoms with Crippen LogP contribution in [0.5, 0.6) is 5.75 Å². The van der Waals surface area contributed by atoms with Crippen molar-refractivity contribution < 1.29 is 14.6 Å². The second kappa shape index (κ2) is 9.86. The third kappa shape index (κ3) is 6.37. The van der Waals surface area contributed by atoms with Crippen LogP contribution in [0.15, 0.2) is 24.3 Å². The first-order chi connectivity index (χ1) is 10.8. The molecule has 124 valence electrons. The lowest BCUT2D eigenvalue weighted by Crippen LogP contribution is -2.17. The van der Waals surface area contributed by atoms with E-state index in [1.807, 2.05) is 12.1 Å². The zero-order chi connectivity index (χ0) is 15.6. The normalized spacial score (nSPS) is 21.7. The van der Waals surface area contributed by atoms with Gasteiger partial charge < -0.3 is 14.6 Å². The molecule has 0 bridgehead atoms. The summed E-state index contributed by atoms with van der Waals surface area (Å²) in [4.78, 5) is 0. The molecule has 1 aliphatic carbocycles. The largest absolute Gasteiger partial charge is 0.468 e. The van der Waals surface area contributed by atoms with Gasteiger partial charge >= 0.3 is 0 Å². The molecule has 0 spiro atoms. The number of aliphatic hydroxyl groups excluding tert-OH is 1. The maximum Gasteiger partial charge on any atom is 0.188 e. The van der Waals surface area contributed by atoms with Crippen LogP contribution in [-0.4, -0.2) is 25.1 Å². The lowest BCUT2D eigenvalue weighted by molar-refractivity contribution is 0.0511. The molecule has 1 saturated carbocycles. The molecular weight excluding hydrogens is 276 g/mol. The molecule has 0 unspecified atom stereocenters. The highest BCUT2D eigenvalue weighted by molar-refractivity contribution is 5.27. The van der Waals surface area contributed by atoms with Crippen LogP contribution in [0, 0.1) is 5.92 Å². The van der Waals surface area contributed by atoms with Crippen LogP contribution >= 0.6 is 0 Å². The van der Waals surface area contributed by atoms with Crippen molar-refractivity contribution in [3.05, 3.63) is 29.8 Å². The topological polar surface area (TPSA) is 38.7 Å². The molecule has 2 rings (SSSR count). The van der Waals surface area contributed by atoms with Crippen molar-refractivity contribution >= 4 is 0 Å². The molecule has 3 nitrogen and oxygen atoms in total. The molecule has 0 amide bonds. The van der Waals surface area contributed by atoms with Gasteiger partial charge in [-0.1, -0.05) is 31.4 Å². The number of hydrogen-bond acceptors (Lipinski definition) is 3. The van der Waals surface area contributed by atoms with E-state index in [9.17, 15) is 5.11 Å². The summed E-state index contributed by atoms with van der Waals surface area (Å²) in [5, 5.41) is 9.51. The van der Waals surface area contributed by atoms with E-state index < -0.39 is 0 Å². The first-order valence-corrected chi connectivity index (χ1v) is 8.66. The van der Waals surface area contributed by atoms with Crippen molar-refractivity contribution in [1.29, 1.82) is 0 Å². The summed E-state index contributed by atoms with van der Waals surface area (Å²) in [7, 11) is 1.63. The van der Waals surface area contributed by atoms with Gasteiger partial charge in [-0.25, -0.2) is 0 Å². The number of ether oxygens (including phenoxy) is 2. The van der Waals surface area contributed by atoms with Gasteiger partial charge in [-0.05, 0) is 62.1 Å². The van der Waals surface area contributed by atoms with E-state index in [0.29, 0.717) is 6.79 Å². The highest BCUT2D eigenvalue weighted by atomic mass is 16.7. The van der Waals surface area contributed by atoms with E-state index in [1.54, 1.807) is 7.11 Å². The summed E-state index contributed by atoms with van der Waals surface area (Å²) in [5.41, 5.74) is 1.38. The molecule has 3 heteroatoms. The molecule has 0 aromatic heterocycles. The summed E-state index contributed by atoms with van der Waals surface area (Å²) in [5.74, 6) is 1.73. The van der Waals surface area contributed by atoms with E-state index in [0.717, 1.165) is 30.9 Å². The van der Waals surface area contributed by atoms with Crippen LogP contribution in [0.1, 0.15) is 56.9 Å². The Kier molecular flexibility index (Phi) is 7.75. The fraction of sp³-hybridized carbons (Fsp3) is 0.684. The van der Waals surface area contributed by atoms with Crippen molar-refractivity contribution in [3.8, 4) is 5.75 Å². The molecule has 1 aromatic carbocycles. The van der Waals surface area contributed by atoms with E-state index in [4.69, 9.17) is 9.47 Å². The predicted molar refractivity (Wildman–Crippen MR) is 89.1 cm³/mol. The molecular formula is C19H30O3. The molecule has 0 radical (unpaired) electrons. The van der Waals surface area contributed by atoms with Gasteiger partial charge in [-0.3, -0.25) is 0 Å². The fourth-order valence-electron chi connectivity index (χ4n) is 3.25. The highest BCUT2D eigenvalue weighted by Crippen LogP contribution is 2.28. The van der Waals surface area contributed by atoms with Crippen LogP contribution in [0.4, 0.5) is 0 Å². The number of aryl methyl sites for hydroxylation is 1. The zero-order valence-corrected chi connectivity index (χ0v) is 13.8. The van der Waals surface area contributed by atoms with Crippen LogP contribution in [-0.2, 0) is 11.2 Å².